The largest absolute Gasteiger partial charge is 0.348 e. The number of pyridine rings is 1. The van der Waals surface area contributed by atoms with Gasteiger partial charge < -0.3 is 10.2 Å². The van der Waals surface area contributed by atoms with Crippen molar-refractivity contribution in [3.8, 4) is 0 Å². The van der Waals surface area contributed by atoms with Gasteiger partial charge in [-0.3, -0.25) is 4.79 Å². The molecule has 2 heterocycles. The van der Waals surface area contributed by atoms with E-state index >= 15 is 0 Å². The number of halogens is 2. The number of hydrogen-bond acceptors (Lipinski definition) is 3. The molecule has 18 heavy (non-hydrogen) atoms. The smallest absolute Gasteiger partial charge is 0.271 e. The number of nitrogens with zero attached hydrogens (tertiary/aromatic N) is 2. The van der Waals surface area contributed by atoms with Crippen LogP contribution < -0.4 is 5.32 Å². The van der Waals surface area contributed by atoms with Crippen molar-refractivity contribution < 1.29 is 4.79 Å². The molecule has 1 aliphatic rings. The lowest BCUT2D eigenvalue weighted by atomic mass is 10.1. The summed E-state index contributed by atoms with van der Waals surface area (Å²) in [4.78, 5) is 18.2. The summed E-state index contributed by atoms with van der Waals surface area (Å²) >= 11 is 11.7. The first-order chi connectivity index (χ1) is 8.56. The minimum atomic E-state index is -0.253. The van der Waals surface area contributed by atoms with Crippen molar-refractivity contribution >= 4 is 29.1 Å². The van der Waals surface area contributed by atoms with E-state index in [0.29, 0.717) is 5.02 Å². The van der Waals surface area contributed by atoms with Crippen LogP contribution in [0.2, 0.25) is 10.2 Å². The Hall–Kier alpha value is -0.840. The monoisotopic (exact) mass is 287 g/mol. The predicted molar refractivity (Wildman–Crippen MR) is 72.2 cm³/mol. The second kappa shape index (κ2) is 5.87. The number of nitrogens with one attached hydrogen (secondary N) is 1. The Morgan fingerprint density at radius 2 is 2.06 bits per heavy atom. The summed E-state index contributed by atoms with van der Waals surface area (Å²) in [5, 5.41) is 3.55. The van der Waals surface area contributed by atoms with E-state index in [-0.39, 0.29) is 22.8 Å². The lowest BCUT2D eigenvalue weighted by Gasteiger charge is -2.29. The van der Waals surface area contributed by atoms with Crippen LogP contribution in [-0.4, -0.2) is 42.0 Å². The van der Waals surface area contributed by atoms with Gasteiger partial charge in [0, 0.05) is 6.04 Å². The van der Waals surface area contributed by atoms with Gasteiger partial charge in [0.2, 0.25) is 0 Å². The van der Waals surface area contributed by atoms with E-state index in [0.717, 1.165) is 25.9 Å². The van der Waals surface area contributed by atoms with Crippen LogP contribution in [-0.2, 0) is 0 Å². The summed E-state index contributed by atoms with van der Waals surface area (Å²) in [5.74, 6) is -0.253. The number of rotatable bonds is 2. The molecule has 4 nitrogen and oxygen atoms in total. The third kappa shape index (κ3) is 3.34. The van der Waals surface area contributed by atoms with Gasteiger partial charge in [0.25, 0.3) is 5.91 Å². The summed E-state index contributed by atoms with van der Waals surface area (Å²) in [5.41, 5.74) is 0.197. The molecule has 1 N–H and O–H groups in total. The van der Waals surface area contributed by atoms with E-state index in [1.165, 1.54) is 0 Å². The topological polar surface area (TPSA) is 45.2 Å². The van der Waals surface area contributed by atoms with Gasteiger partial charge in [-0.1, -0.05) is 23.2 Å². The van der Waals surface area contributed by atoms with Crippen molar-refractivity contribution in [3.63, 3.8) is 0 Å². The summed E-state index contributed by atoms with van der Waals surface area (Å²) in [6.07, 6.45) is 1.89. The van der Waals surface area contributed by atoms with Gasteiger partial charge in [0.15, 0.2) is 0 Å². The molecule has 1 fully saturated rings. The SMILES string of the molecule is CN1CCC(NC(=O)c2nc(Cl)ccc2Cl)CC1. The summed E-state index contributed by atoms with van der Waals surface area (Å²) in [7, 11) is 2.08. The van der Waals surface area contributed by atoms with Crippen LogP contribution in [0.4, 0.5) is 0 Å². The fourth-order valence-corrected chi connectivity index (χ4v) is 2.32. The first-order valence-corrected chi connectivity index (χ1v) is 6.63. The summed E-state index contributed by atoms with van der Waals surface area (Å²) < 4.78 is 0. The van der Waals surface area contributed by atoms with Crippen molar-refractivity contribution in [2.45, 2.75) is 18.9 Å². The number of piperidine rings is 1. The number of aromatic nitrogens is 1. The average molecular weight is 288 g/mol. The molecule has 98 valence electrons. The lowest BCUT2D eigenvalue weighted by Crippen LogP contribution is -2.43. The molecule has 6 heteroatoms. The zero-order chi connectivity index (χ0) is 13.1. The Labute approximate surface area is 116 Å². The highest BCUT2D eigenvalue weighted by atomic mass is 35.5. The van der Waals surface area contributed by atoms with Crippen LogP contribution in [0.3, 0.4) is 0 Å². The first-order valence-electron chi connectivity index (χ1n) is 5.87. The Morgan fingerprint density at radius 3 is 2.72 bits per heavy atom. The molecule has 1 aromatic rings. The molecular weight excluding hydrogens is 273 g/mol. The van der Waals surface area contributed by atoms with E-state index in [4.69, 9.17) is 23.2 Å². The highest BCUT2D eigenvalue weighted by Gasteiger charge is 2.21. The van der Waals surface area contributed by atoms with Crippen LogP contribution in [0.1, 0.15) is 23.3 Å². The molecule has 0 aromatic carbocycles. The highest BCUT2D eigenvalue weighted by molar-refractivity contribution is 6.34. The molecule has 1 saturated heterocycles. The van der Waals surface area contributed by atoms with Gasteiger partial charge in [-0.15, -0.1) is 0 Å². The summed E-state index contributed by atoms with van der Waals surface area (Å²) in [6, 6.07) is 3.34. The quantitative estimate of drug-likeness (QED) is 0.849. The van der Waals surface area contributed by atoms with E-state index in [1.807, 2.05) is 0 Å². The molecule has 0 bridgehead atoms. The fraction of sp³-hybridized carbons (Fsp3) is 0.500. The Kier molecular flexibility index (Phi) is 4.43. The van der Waals surface area contributed by atoms with E-state index in [2.05, 4.69) is 22.2 Å². The second-order valence-corrected chi connectivity index (χ2v) is 5.31. The van der Waals surface area contributed by atoms with Gasteiger partial charge in [-0.2, -0.15) is 0 Å². The maximum absolute atomic E-state index is 12.0. The van der Waals surface area contributed by atoms with Crippen molar-refractivity contribution in [2.24, 2.45) is 0 Å². The van der Waals surface area contributed by atoms with Crippen molar-refractivity contribution in [1.82, 2.24) is 15.2 Å². The van der Waals surface area contributed by atoms with Crippen LogP contribution in [0.15, 0.2) is 12.1 Å². The third-order valence-electron chi connectivity index (χ3n) is 3.08. The molecule has 1 aromatic heterocycles. The van der Waals surface area contributed by atoms with Crippen molar-refractivity contribution in [2.75, 3.05) is 20.1 Å². The first kappa shape index (κ1) is 13.6. The fourth-order valence-electron chi connectivity index (χ4n) is 1.98. The molecule has 0 radical (unpaired) electrons. The van der Waals surface area contributed by atoms with Crippen LogP contribution in [0, 0.1) is 0 Å². The molecule has 0 spiro atoms. The maximum Gasteiger partial charge on any atom is 0.271 e. The predicted octanol–water partition coefficient (Wildman–Crippen LogP) is 2.21. The van der Waals surface area contributed by atoms with Gasteiger partial charge in [0.05, 0.1) is 5.02 Å². The third-order valence-corrected chi connectivity index (χ3v) is 3.60. The van der Waals surface area contributed by atoms with Gasteiger partial charge in [-0.05, 0) is 45.1 Å². The zero-order valence-electron chi connectivity index (χ0n) is 10.1. The average Bonchev–Trinajstić information content (AvgIpc) is 2.35. The minimum absolute atomic E-state index is 0.186. The molecule has 1 aliphatic heterocycles. The normalized spacial score (nSPS) is 17.7. The number of hydrogen-bond donors (Lipinski definition) is 1. The summed E-state index contributed by atoms with van der Waals surface area (Å²) in [6.45, 7) is 1.98. The number of likely N-dealkylation sites (tertiary alicyclic amines) is 1. The Morgan fingerprint density at radius 1 is 1.39 bits per heavy atom. The standard InChI is InChI=1S/C12H15Cl2N3O/c1-17-6-4-8(5-7-17)15-12(18)11-9(13)2-3-10(14)16-11/h2-3,8H,4-7H2,1H3,(H,15,18). The van der Waals surface area contributed by atoms with Crippen LogP contribution in [0.25, 0.3) is 0 Å². The van der Waals surface area contributed by atoms with Crippen LogP contribution in [0.5, 0.6) is 0 Å². The van der Waals surface area contributed by atoms with Crippen LogP contribution >= 0.6 is 23.2 Å². The van der Waals surface area contributed by atoms with Gasteiger partial charge in [-0.25, -0.2) is 4.98 Å². The van der Waals surface area contributed by atoms with Gasteiger partial charge >= 0.3 is 0 Å². The molecule has 0 unspecified atom stereocenters. The van der Waals surface area contributed by atoms with E-state index in [1.54, 1.807) is 12.1 Å². The Balaban J connectivity index is 2.01. The minimum Gasteiger partial charge on any atom is -0.348 e. The van der Waals surface area contributed by atoms with E-state index < -0.39 is 0 Å². The number of carbonyl (C=O) groups excluding carboxylic acids is 1. The molecule has 0 aliphatic carbocycles. The highest BCUT2D eigenvalue weighted by Crippen LogP contribution is 2.17. The lowest BCUT2D eigenvalue weighted by molar-refractivity contribution is 0.0912. The molecule has 0 atom stereocenters. The molecule has 2 rings (SSSR count). The molecule has 1 amide bonds. The molecular formula is C12H15Cl2N3O. The van der Waals surface area contributed by atoms with Crippen molar-refractivity contribution in [1.29, 1.82) is 0 Å². The number of carbonyl (C=O) groups is 1. The molecule has 0 saturated carbocycles. The zero-order valence-corrected chi connectivity index (χ0v) is 11.6. The maximum atomic E-state index is 12.0. The number of amides is 1. The second-order valence-electron chi connectivity index (χ2n) is 4.52. The van der Waals surface area contributed by atoms with Crippen molar-refractivity contribution in [3.05, 3.63) is 28.0 Å². The van der Waals surface area contributed by atoms with E-state index in [9.17, 15) is 4.79 Å². The van der Waals surface area contributed by atoms with Gasteiger partial charge in [0.1, 0.15) is 10.8 Å². The Bertz CT molecular complexity index is 445.